The van der Waals surface area contributed by atoms with Gasteiger partial charge in [0.05, 0.1) is 30.5 Å². The molecule has 0 unspecified atom stereocenters. The Morgan fingerprint density at radius 2 is 1.90 bits per heavy atom. The number of amides is 1. The molecule has 0 radical (unpaired) electrons. The lowest BCUT2D eigenvalue weighted by atomic mass is 10.1. The van der Waals surface area contributed by atoms with E-state index in [1.165, 1.54) is 11.8 Å². The second-order valence-electron chi connectivity index (χ2n) is 8.21. The lowest BCUT2D eigenvalue weighted by Crippen LogP contribution is -2.47. The van der Waals surface area contributed by atoms with E-state index in [0.29, 0.717) is 19.6 Å². The van der Waals surface area contributed by atoms with E-state index in [4.69, 9.17) is 4.74 Å². The van der Waals surface area contributed by atoms with Gasteiger partial charge in [-0.05, 0) is 26.2 Å². The molecule has 9 nitrogen and oxygen atoms in total. The fraction of sp³-hybridized carbons (Fsp3) is 0.842. The maximum absolute atomic E-state index is 13.2. The number of thioether (sulfide) groups is 1. The molecule has 4 rings (SSSR count). The van der Waals surface area contributed by atoms with Crippen LogP contribution in [0.3, 0.4) is 0 Å². The van der Waals surface area contributed by atoms with Crippen LogP contribution in [0.2, 0.25) is 0 Å². The molecule has 11 heteroatoms. The maximum Gasteiger partial charge on any atom is 0.233 e. The topological polar surface area (TPSA) is 97.6 Å². The molecule has 1 aromatic heterocycles. The molecule has 0 bridgehead atoms. The number of ether oxygens (including phenoxy) is 1. The Morgan fingerprint density at radius 1 is 1.17 bits per heavy atom. The van der Waals surface area contributed by atoms with Gasteiger partial charge in [0.2, 0.25) is 11.9 Å². The number of nitrogens with zero attached hydrogens (tertiary/aromatic N) is 5. The van der Waals surface area contributed by atoms with E-state index in [0.717, 1.165) is 56.4 Å². The molecule has 3 heterocycles. The Balaban J connectivity index is 1.45. The van der Waals surface area contributed by atoms with E-state index in [9.17, 15) is 13.2 Å². The molecule has 1 amide bonds. The summed E-state index contributed by atoms with van der Waals surface area (Å²) in [5.41, 5.74) is 0. The smallest absolute Gasteiger partial charge is 0.233 e. The summed E-state index contributed by atoms with van der Waals surface area (Å²) in [6.45, 7) is 5.70. The molecule has 1 saturated carbocycles. The molecule has 1 aliphatic carbocycles. The van der Waals surface area contributed by atoms with Gasteiger partial charge in [0.15, 0.2) is 15.0 Å². The molecule has 1 aromatic rings. The van der Waals surface area contributed by atoms with E-state index in [2.05, 4.69) is 15.1 Å². The number of aromatic nitrogens is 3. The molecule has 1 atom stereocenters. The molecule has 2 aliphatic heterocycles. The molecule has 0 aromatic carbocycles. The minimum absolute atomic E-state index is 0.0209. The highest BCUT2D eigenvalue weighted by atomic mass is 32.2. The van der Waals surface area contributed by atoms with Crippen molar-refractivity contribution >= 4 is 33.5 Å². The summed E-state index contributed by atoms with van der Waals surface area (Å²) in [6.07, 6.45) is 4.71. The zero-order valence-corrected chi connectivity index (χ0v) is 19.2. The molecule has 3 fully saturated rings. The van der Waals surface area contributed by atoms with Crippen LogP contribution in [0, 0.1) is 0 Å². The lowest BCUT2D eigenvalue weighted by molar-refractivity contribution is -0.132. The van der Waals surface area contributed by atoms with Crippen molar-refractivity contribution in [2.75, 3.05) is 48.5 Å². The average molecular weight is 458 g/mol. The van der Waals surface area contributed by atoms with Crippen molar-refractivity contribution < 1.29 is 17.9 Å². The summed E-state index contributed by atoms with van der Waals surface area (Å²) < 4.78 is 31.5. The van der Waals surface area contributed by atoms with Gasteiger partial charge < -0.3 is 14.5 Å². The minimum Gasteiger partial charge on any atom is -0.378 e. The first-order chi connectivity index (χ1) is 14.5. The van der Waals surface area contributed by atoms with Crippen molar-refractivity contribution in [2.45, 2.75) is 62.8 Å². The van der Waals surface area contributed by atoms with E-state index >= 15 is 0 Å². The van der Waals surface area contributed by atoms with Crippen molar-refractivity contribution in [3.63, 3.8) is 0 Å². The van der Waals surface area contributed by atoms with Gasteiger partial charge in [-0.25, -0.2) is 8.42 Å². The highest BCUT2D eigenvalue weighted by Crippen LogP contribution is 2.31. The fourth-order valence-electron chi connectivity index (χ4n) is 4.75. The van der Waals surface area contributed by atoms with Crippen molar-refractivity contribution in [3.8, 4) is 0 Å². The van der Waals surface area contributed by atoms with Crippen molar-refractivity contribution in [1.29, 1.82) is 0 Å². The first-order valence-electron chi connectivity index (χ1n) is 10.9. The molecular weight excluding hydrogens is 426 g/mol. The standard InChI is InChI=1S/C19H31N5O4S2/c1-2-23-18(22-8-10-28-11-9-22)20-21-19(23)29-13-17(25)24(15-5-3-4-6-15)16-7-12-30(26,27)14-16/h15-16H,2-14H2,1H3/t16-/m1/s1. The minimum atomic E-state index is -3.03. The van der Waals surface area contributed by atoms with Crippen LogP contribution in [0.5, 0.6) is 0 Å². The van der Waals surface area contributed by atoms with E-state index in [1.807, 2.05) is 16.4 Å². The van der Waals surface area contributed by atoms with Crippen LogP contribution in [-0.4, -0.2) is 89.6 Å². The number of hydrogen-bond acceptors (Lipinski definition) is 8. The second kappa shape index (κ2) is 9.44. The van der Waals surface area contributed by atoms with Gasteiger partial charge in [-0.2, -0.15) is 0 Å². The highest BCUT2D eigenvalue weighted by molar-refractivity contribution is 7.99. The molecule has 0 spiro atoms. The second-order valence-corrected chi connectivity index (χ2v) is 11.4. The summed E-state index contributed by atoms with van der Waals surface area (Å²) in [6, 6.07) is -0.0106. The molecule has 30 heavy (non-hydrogen) atoms. The highest BCUT2D eigenvalue weighted by Gasteiger charge is 2.39. The largest absolute Gasteiger partial charge is 0.378 e. The number of rotatable bonds is 7. The van der Waals surface area contributed by atoms with Gasteiger partial charge in [0, 0.05) is 31.7 Å². The van der Waals surface area contributed by atoms with Crippen LogP contribution in [0.1, 0.15) is 39.0 Å². The summed E-state index contributed by atoms with van der Waals surface area (Å²) in [5, 5.41) is 9.44. The fourth-order valence-corrected chi connectivity index (χ4v) is 7.32. The van der Waals surface area contributed by atoms with Crippen LogP contribution < -0.4 is 4.90 Å². The van der Waals surface area contributed by atoms with Gasteiger partial charge in [-0.1, -0.05) is 24.6 Å². The van der Waals surface area contributed by atoms with Gasteiger partial charge in [-0.15, -0.1) is 10.2 Å². The van der Waals surface area contributed by atoms with Gasteiger partial charge in [0.25, 0.3) is 0 Å². The third-order valence-electron chi connectivity index (χ3n) is 6.24. The Morgan fingerprint density at radius 3 is 2.53 bits per heavy atom. The van der Waals surface area contributed by atoms with Crippen LogP contribution in [0.25, 0.3) is 0 Å². The Bertz CT molecular complexity index is 847. The van der Waals surface area contributed by atoms with Crippen LogP contribution in [0.4, 0.5) is 5.95 Å². The third kappa shape index (κ3) is 4.77. The summed E-state index contributed by atoms with van der Waals surface area (Å²) >= 11 is 1.40. The number of carbonyl (C=O) groups is 1. The predicted molar refractivity (Wildman–Crippen MR) is 116 cm³/mol. The Hall–Kier alpha value is -1.33. The summed E-state index contributed by atoms with van der Waals surface area (Å²) in [5.74, 6) is 1.40. The van der Waals surface area contributed by atoms with Crippen LogP contribution >= 0.6 is 11.8 Å². The molecule has 0 N–H and O–H groups in total. The monoisotopic (exact) mass is 457 g/mol. The zero-order chi connectivity index (χ0) is 21.1. The van der Waals surface area contributed by atoms with Gasteiger partial charge in [0.1, 0.15) is 0 Å². The number of anilines is 1. The molecular formula is C19H31N5O4S2. The quantitative estimate of drug-likeness (QED) is 0.563. The number of carbonyl (C=O) groups excluding carboxylic acids is 1. The van der Waals surface area contributed by atoms with Gasteiger partial charge >= 0.3 is 0 Å². The average Bonchev–Trinajstić information content (AvgIpc) is 3.47. The molecule has 168 valence electrons. The molecule has 3 aliphatic rings. The Labute approximate surface area is 182 Å². The van der Waals surface area contributed by atoms with Gasteiger partial charge in [-0.3, -0.25) is 9.36 Å². The van der Waals surface area contributed by atoms with Crippen LogP contribution in [0.15, 0.2) is 5.16 Å². The normalized spacial score (nSPS) is 24.4. The molecule has 2 saturated heterocycles. The van der Waals surface area contributed by atoms with E-state index in [1.54, 1.807) is 0 Å². The third-order valence-corrected chi connectivity index (χ3v) is 8.94. The van der Waals surface area contributed by atoms with Crippen LogP contribution in [-0.2, 0) is 25.9 Å². The Kier molecular flexibility index (Phi) is 6.88. The zero-order valence-electron chi connectivity index (χ0n) is 17.5. The predicted octanol–water partition coefficient (Wildman–Crippen LogP) is 1.19. The maximum atomic E-state index is 13.2. The van der Waals surface area contributed by atoms with E-state index in [-0.39, 0.29) is 35.2 Å². The first kappa shape index (κ1) is 21.9. The number of sulfone groups is 1. The SMILES string of the molecule is CCn1c(SCC(=O)N(C2CCCC2)[C@@H]2CCS(=O)(=O)C2)nnc1N1CCOCC1. The summed E-state index contributed by atoms with van der Waals surface area (Å²) in [4.78, 5) is 17.3. The summed E-state index contributed by atoms with van der Waals surface area (Å²) in [7, 11) is -3.03. The van der Waals surface area contributed by atoms with Crippen molar-refractivity contribution in [2.24, 2.45) is 0 Å². The number of hydrogen-bond donors (Lipinski definition) is 0. The van der Waals surface area contributed by atoms with Crippen molar-refractivity contribution in [1.82, 2.24) is 19.7 Å². The first-order valence-corrected chi connectivity index (χ1v) is 13.7. The number of morpholine rings is 1. The van der Waals surface area contributed by atoms with Crippen molar-refractivity contribution in [3.05, 3.63) is 0 Å². The van der Waals surface area contributed by atoms with E-state index < -0.39 is 9.84 Å². The lowest BCUT2D eigenvalue weighted by Gasteiger charge is -2.34.